The molecule has 2 heterocycles. The van der Waals surface area contributed by atoms with Crippen LogP contribution < -0.4 is 25.1 Å². The van der Waals surface area contributed by atoms with Crippen molar-refractivity contribution in [3.63, 3.8) is 0 Å². The molecule has 1 unspecified atom stereocenters. The third-order valence-corrected chi connectivity index (χ3v) is 8.29. The molecule has 0 spiro atoms. The average molecular weight is 649 g/mol. The minimum atomic E-state index is -4.83. The van der Waals surface area contributed by atoms with Gasteiger partial charge in [0.1, 0.15) is 17.0 Å². The predicted molar refractivity (Wildman–Crippen MR) is 162 cm³/mol. The molecule has 1 aliphatic carbocycles. The van der Waals surface area contributed by atoms with Crippen LogP contribution >= 0.6 is 0 Å². The summed E-state index contributed by atoms with van der Waals surface area (Å²) in [5, 5.41) is 2.66. The summed E-state index contributed by atoms with van der Waals surface area (Å²) in [7, 11) is 1.41. The van der Waals surface area contributed by atoms with Crippen molar-refractivity contribution in [1.82, 2.24) is 14.8 Å². The van der Waals surface area contributed by atoms with Gasteiger partial charge >= 0.3 is 12.3 Å². The van der Waals surface area contributed by atoms with E-state index in [9.17, 15) is 27.6 Å². The fraction of sp³-hybridized carbons (Fsp3) is 0.469. The molecule has 1 saturated heterocycles. The van der Waals surface area contributed by atoms with Crippen molar-refractivity contribution in [2.45, 2.75) is 58.6 Å². The number of rotatable bonds is 10. The maximum Gasteiger partial charge on any atom is 0.573 e. The van der Waals surface area contributed by atoms with E-state index in [0.717, 1.165) is 25.0 Å². The number of benzene rings is 2. The fourth-order valence-electron chi connectivity index (χ4n) is 5.87. The summed E-state index contributed by atoms with van der Waals surface area (Å²) in [6, 6.07) is 4.77. The standard InChI is InChI=1S/C32H36F4N4O6/c1-5-45-26(41)17-38-10-11-39(15-19(38)3)28-25(33)13-23-27(30(28)44-4)40(21-7-8-21)16-24(29(23)42)31(43)37-14-20-6-9-22(12-18(20)2)46-32(34,35)36/h6,9,12-13,16,19,21H,5,7-8,10-11,14-15,17H2,1-4H3,(H,37,43). The zero-order valence-corrected chi connectivity index (χ0v) is 26.0. The Morgan fingerprint density at radius 3 is 2.48 bits per heavy atom. The van der Waals surface area contributed by atoms with E-state index in [1.54, 1.807) is 18.4 Å². The summed E-state index contributed by atoms with van der Waals surface area (Å²) < 4.78 is 70.3. The van der Waals surface area contributed by atoms with Gasteiger partial charge in [-0.15, -0.1) is 13.2 Å². The second-order valence-electron chi connectivity index (χ2n) is 11.5. The Bertz CT molecular complexity index is 1700. The topological polar surface area (TPSA) is 102 Å². The minimum absolute atomic E-state index is 0.00326. The lowest BCUT2D eigenvalue weighted by atomic mass is 10.1. The van der Waals surface area contributed by atoms with Crippen molar-refractivity contribution in [3.05, 3.63) is 63.2 Å². The molecule has 2 fully saturated rings. The third kappa shape index (κ3) is 7.06. The predicted octanol–water partition coefficient (Wildman–Crippen LogP) is 4.69. The number of anilines is 1. The van der Waals surface area contributed by atoms with E-state index in [1.807, 2.05) is 16.7 Å². The van der Waals surface area contributed by atoms with Crippen LogP contribution in [0.3, 0.4) is 0 Å². The lowest BCUT2D eigenvalue weighted by Gasteiger charge is -2.41. The zero-order valence-electron chi connectivity index (χ0n) is 26.0. The fourth-order valence-corrected chi connectivity index (χ4v) is 5.87. The first-order valence-electron chi connectivity index (χ1n) is 15.0. The van der Waals surface area contributed by atoms with Gasteiger partial charge in [0.2, 0.25) is 5.43 Å². The summed E-state index contributed by atoms with van der Waals surface area (Å²) in [6.45, 7) is 6.90. The Kier molecular flexibility index (Phi) is 9.47. The lowest BCUT2D eigenvalue weighted by Crippen LogP contribution is -2.53. The van der Waals surface area contributed by atoms with Crippen LogP contribution in [0.4, 0.5) is 23.2 Å². The summed E-state index contributed by atoms with van der Waals surface area (Å²) in [4.78, 5) is 42.9. The summed E-state index contributed by atoms with van der Waals surface area (Å²) in [6.07, 6.45) is -1.77. The molecule has 3 aromatic rings. The molecule has 14 heteroatoms. The number of amides is 1. The Balaban J connectivity index is 1.44. The molecule has 1 saturated carbocycles. The number of pyridine rings is 1. The van der Waals surface area contributed by atoms with Crippen molar-refractivity contribution in [1.29, 1.82) is 0 Å². The Labute approximate surface area is 262 Å². The highest BCUT2D eigenvalue weighted by molar-refractivity contribution is 6.00. The van der Waals surface area contributed by atoms with Crippen molar-refractivity contribution >= 4 is 28.5 Å². The number of fused-ring (bicyclic) bond motifs is 1. The quantitative estimate of drug-likeness (QED) is 0.250. The largest absolute Gasteiger partial charge is 0.573 e. The summed E-state index contributed by atoms with van der Waals surface area (Å²) in [5.74, 6) is -1.90. The molecular weight excluding hydrogens is 612 g/mol. The van der Waals surface area contributed by atoms with Gasteiger partial charge in [-0.2, -0.15) is 0 Å². The van der Waals surface area contributed by atoms with Gasteiger partial charge in [0.05, 0.1) is 31.2 Å². The first kappa shape index (κ1) is 33.0. The van der Waals surface area contributed by atoms with E-state index in [1.165, 1.54) is 25.4 Å². The third-order valence-electron chi connectivity index (χ3n) is 8.29. The van der Waals surface area contributed by atoms with Gasteiger partial charge in [0.15, 0.2) is 11.6 Å². The molecule has 2 aliphatic rings. The van der Waals surface area contributed by atoms with Crippen LogP contribution in [-0.2, 0) is 16.1 Å². The van der Waals surface area contributed by atoms with E-state index in [4.69, 9.17) is 9.47 Å². The van der Waals surface area contributed by atoms with Gasteiger partial charge in [0, 0.05) is 44.5 Å². The highest BCUT2D eigenvalue weighted by atomic mass is 19.4. The molecule has 1 aromatic heterocycles. The first-order valence-corrected chi connectivity index (χ1v) is 15.0. The van der Waals surface area contributed by atoms with E-state index in [2.05, 4.69) is 10.1 Å². The number of methoxy groups -OCH3 is 1. The Hall–Kier alpha value is -4.33. The summed E-state index contributed by atoms with van der Waals surface area (Å²) >= 11 is 0. The number of ether oxygens (including phenoxy) is 3. The van der Waals surface area contributed by atoms with Crippen LogP contribution in [0.25, 0.3) is 10.9 Å². The number of hydrogen-bond acceptors (Lipinski definition) is 8. The minimum Gasteiger partial charge on any atom is -0.492 e. The van der Waals surface area contributed by atoms with Crippen LogP contribution in [0.2, 0.25) is 0 Å². The number of nitrogens with one attached hydrogen (secondary N) is 1. The van der Waals surface area contributed by atoms with Crippen molar-refractivity contribution in [2.24, 2.45) is 0 Å². The Morgan fingerprint density at radius 1 is 1.13 bits per heavy atom. The highest BCUT2D eigenvalue weighted by Crippen LogP contribution is 2.44. The van der Waals surface area contributed by atoms with Crippen molar-refractivity contribution < 1.29 is 41.4 Å². The number of hydrogen-bond donors (Lipinski definition) is 1. The SMILES string of the molecule is CCOC(=O)CN1CCN(c2c(F)cc3c(=O)c(C(=O)NCc4ccc(OC(F)(F)F)cc4C)cn(C4CC4)c3c2OC)CC1C. The number of nitrogens with zero attached hydrogens (tertiary/aromatic N) is 3. The molecule has 248 valence electrons. The second kappa shape index (κ2) is 13.2. The number of carbonyl (C=O) groups is 2. The molecule has 0 bridgehead atoms. The number of carbonyl (C=O) groups excluding carboxylic acids is 2. The second-order valence-corrected chi connectivity index (χ2v) is 11.5. The van der Waals surface area contributed by atoms with E-state index in [-0.39, 0.29) is 65.9 Å². The molecule has 1 amide bonds. The molecule has 46 heavy (non-hydrogen) atoms. The van der Waals surface area contributed by atoms with E-state index in [0.29, 0.717) is 36.3 Å². The normalized spacial score (nSPS) is 17.2. The molecule has 0 radical (unpaired) electrons. The molecule has 2 aromatic carbocycles. The van der Waals surface area contributed by atoms with Gasteiger partial charge in [-0.1, -0.05) is 6.07 Å². The smallest absolute Gasteiger partial charge is 0.492 e. The maximum absolute atomic E-state index is 16.0. The molecule has 1 aliphatic heterocycles. The average Bonchev–Trinajstić information content (AvgIpc) is 3.82. The van der Waals surface area contributed by atoms with Gasteiger partial charge in [-0.3, -0.25) is 19.3 Å². The number of aromatic nitrogens is 1. The lowest BCUT2D eigenvalue weighted by molar-refractivity contribution is -0.274. The van der Waals surface area contributed by atoms with E-state index >= 15 is 4.39 Å². The monoisotopic (exact) mass is 648 g/mol. The van der Waals surface area contributed by atoms with Gasteiger partial charge in [-0.05, 0) is 62.9 Å². The zero-order chi connectivity index (χ0) is 33.3. The summed E-state index contributed by atoms with van der Waals surface area (Å²) in [5.41, 5.74) is 0.708. The van der Waals surface area contributed by atoms with Crippen LogP contribution in [0, 0.1) is 12.7 Å². The number of piperazine rings is 1. The maximum atomic E-state index is 16.0. The van der Waals surface area contributed by atoms with Crippen LogP contribution in [-0.4, -0.2) is 73.6 Å². The van der Waals surface area contributed by atoms with Crippen LogP contribution in [0.1, 0.15) is 54.2 Å². The molecular formula is C32H36F4N4O6. The molecule has 5 rings (SSSR count). The first-order chi connectivity index (χ1) is 21.8. The highest BCUT2D eigenvalue weighted by Gasteiger charge is 2.34. The number of halogens is 4. The van der Waals surface area contributed by atoms with Crippen LogP contribution in [0.5, 0.6) is 11.5 Å². The van der Waals surface area contributed by atoms with Crippen molar-refractivity contribution in [2.75, 3.05) is 44.8 Å². The van der Waals surface area contributed by atoms with Gasteiger partial charge in [-0.25, -0.2) is 4.39 Å². The molecule has 1 atom stereocenters. The van der Waals surface area contributed by atoms with Gasteiger partial charge < -0.3 is 29.0 Å². The van der Waals surface area contributed by atoms with Crippen LogP contribution in [0.15, 0.2) is 35.3 Å². The van der Waals surface area contributed by atoms with Gasteiger partial charge in [0.25, 0.3) is 5.91 Å². The Morgan fingerprint density at radius 2 is 1.87 bits per heavy atom. The number of aryl methyl sites for hydroxylation is 1. The molecule has 10 nitrogen and oxygen atoms in total. The molecule has 1 N–H and O–H groups in total. The van der Waals surface area contributed by atoms with Crippen molar-refractivity contribution in [3.8, 4) is 11.5 Å². The number of esters is 1. The number of alkyl halides is 3. The van der Waals surface area contributed by atoms with E-state index < -0.39 is 23.5 Å².